The van der Waals surface area contributed by atoms with Crippen LogP contribution in [0.5, 0.6) is 0 Å². The van der Waals surface area contributed by atoms with Crippen LogP contribution in [0.4, 0.5) is 16.0 Å². The maximum absolute atomic E-state index is 13.8. The Labute approximate surface area is 172 Å². The number of halogens is 1. The Bertz CT molecular complexity index is 1190. The van der Waals surface area contributed by atoms with Gasteiger partial charge in [0.2, 0.25) is 0 Å². The maximum atomic E-state index is 13.8. The maximum Gasteiger partial charge on any atom is 0.165 e. The first-order valence-corrected chi connectivity index (χ1v) is 9.79. The minimum atomic E-state index is -0.287. The SMILES string of the molecule is COCCn1cnc2c(N3CCN(c4ncnc5ccc(F)cc45)CC3)ncnc21. The molecule has 0 bridgehead atoms. The number of anilines is 2. The van der Waals surface area contributed by atoms with Gasteiger partial charge in [0, 0.05) is 45.2 Å². The molecule has 1 fully saturated rings. The molecule has 1 saturated heterocycles. The molecule has 4 heterocycles. The lowest BCUT2D eigenvalue weighted by molar-refractivity contribution is 0.188. The molecule has 0 radical (unpaired) electrons. The van der Waals surface area contributed by atoms with Gasteiger partial charge in [-0.05, 0) is 18.2 Å². The monoisotopic (exact) mass is 408 g/mol. The van der Waals surface area contributed by atoms with E-state index in [0.717, 1.165) is 59.9 Å². The van der Waals surface area contributed by atoms with E-state index in [9.17, 15) is 4.39 Å². The smallest absolute Gasteiger partial charge is 0.165 e. The van der Waals surface area contributed by atoms with E-state index in [0.29, 0.717) is 13.2 Å². The van der Waals surface area contributed by atoms with Crippen molar-refractivity contribution in [3.8, 4) is 0 Å². The first-order chi connectivity index (χ1) is 14.7. The molecule has 3 aromatic heterocycles. The van der Waals surface area contributed by atoms with Crippen molar-refractivity contribution in [2.45, 2.75) is 6.54 Å². The molecule has 0 saturated carbocycles. The predicted octanol–water partition coefficient (Wildman–Crippen LogP) is 1.88. The summed E-state index contributed by atoms with van der Waals surface area (Å²) in [4.78, 5) is 26.5. The Morgan fingerprint density at radius 3 is 2.47 bits per heavy atom. The highest BCUT2D eigenvalue weighted by molar-refractivity contribution is 5.89. The number of hydrogen-bond donors (Lipinski definition) is 0. The quantitative estimate of drug-likeness (QED) is 0.495. The standard InChI is InChI=1S/C20H21FN8O/c1-30-9-8-29-13-26-17-19(24-12-25-20(17)29)28-6-4-27(5-7-28)18-15-10-14(21)2-3-16(15)22-11-23-18/h2-3,10-13H,4-9H2,1H3. The molecule has 154 valence electrons. The normalized spacial score (nSPS) is 14.7. The predicted molar refractivity (Wildman–Crippen MR) is 111 cm³/mol. The fourth-order valence-corrected chi connectivity index (χ4v) is 3.85. The second-order valence-electron chi connectivity index (χ2n) is 7.13. The van der Waals surface area contributed by atoms with Crippen LogP contribution >= 0.6 is 0 Å². The van der Waals surface area contributed by atoms with Crippen molar-refractivity contribution >= 4 is 33.7 Å². The zero-order chi connectivity index (χ0) is 20.5. The molecule has 10 heteroatoms. The van der Waals surface area contributed by atoms with Crippen molar-refractivity contribution in [2.24, 2.45) is 0 Å². The molecule has 0 aliphatic carbocycles. The van der Waals surface area contributed by atoms with Crippen molar-refractivity contribution in [2.75, 3.05) is 49.7 Å². The lowest BCUT2D eigenvalue weighted by Crippen LogP contribution is -2.47. The molecule has 5 rings (SSSR count). The van der Waals surface area contributed by atoms with E-state index in [-0.39, 0.29) is 5.82 Å². The highest BCUT2D eigenvalue weighted by Gasteiger charge is 2.23. The van der Waals surface area contributed by atoms with Crippen molar-refractivity contribution < 1.29 is 9.13 Å². The molecule has 1 aromatic carbocycles. The summed E-state index contributed by atoms with van der Waals surface area (Å²) in [5.41, 5.74) is 2.33. The van der Waals surface area contributed by atoms with Crippen LogP contribution in [0.25, 0.3) is 22.1 Å². The third kappa shape index (κ3) is 3.28. The Morgan fingerprint density at radius 2 is 1.67 bits per heavy atom. The molecule has 1 aliphatic heterocycles. The Balaban J connectivity index is 1.38. The summed E-state index contributed by atoms with van der Waals surface area (Å²) in [7, 11) is 1.67. The third-order valence-electron chi connectivity index (χ3n) is 5.37. The largest absolute Gasteiger partial charge is 0.383 e. The minimum absolute atomic E-state index is 0.287. The van der Waals surface area contributed by atoms with E-state index in [4.69, 9.17) is 4.74 Å². The number of imidazole rings is 1. The summed E-state index contributed by atoms with van der Waals surface area (Å²) in [6.45, 7) is 4.25. The minimum Gasteiger partial charge on any atom is -0.383 e. The van der Waals surface area contributed by atoms with Crippen molar-refractivity contribution in [1.29, 1.82) is 0 Å². The van der Waals surface area contributed by atoms with Crippen LogP contribution in [-0.2, 0) is 11.3 Å². The average Bonchev–Trinajstić information content (AvgIpc) is 3.20. The Morgan fingerprint density at radius 1 is 0.933 bits per heavy atom. The van der Waals surface area contributed by atoms with Crippen LogP contribution in [0, 0.1) is 5.82 Å². The van der Waals surface area contributed by atoms with E-state index in [1.165, 1.54) is 18.5 Å². The highest BCUT2D eigenvalue weighted by Crippen LogP contribution is 2.27. The molecule has 4 aromatic rings. The molecule has 0 amide bonds. The summed E-state index contributed by atoms with van der Waals surface area (Å²) in [6, 6.07) is 4.60. The van der Waals surface area contributed by atoms with Gasteiger partial charge in [-0.1, -0.05) is 0 Å². The lowest BCUT2D eigenvalue weighted by Gasteiger charge is -2.36. The molecule has 0 spiro atoms. The van der Waals surface area contributed by atoms with Gasteiger partial charge in [-0.15, -0.1) is 0 Å². The number of aromatic nitrogens is 6. The first-order valence-electron chi connectivity index (χ1n) is 9.79. The molecule has 9 nitrogen and oxygen atoms in total. The number of fused-ring (bicyclic) bond motifs is 2. The number of ether oxygens (including phenoxy) is 1. The summed E-state index contributed by atoms with van der Waals surface area (Å²) >= 11 is 0. The summed E-state index contributed by atoms with van der Waals surface area (Å²) in [5, 5.41) is 0.729. The van der Waals surface area contributed by atoms with Gasteiger partial charge < -0.3 is 19.1 Å². The van der Waals surface area contributed by atoms with Crippen molar-refractivity contribution in [3.05, 3.63) is 43.0 Å². The molecular formula is C20H21FN8O. The van der Waals surface area contributed by atoms with E-state index < -0.39 is 0 Å². The van der Waals surface area contributed by atoms with Crippen LogP contribution in [0.15, 0.2) is 37.2 Å². The molecule has 0 unspecified atom stereocenters. The summed E-state index contributed by atoms with van der Waals surface area (Å²) in [6.07, 6.45) is 4.89. The zero-order valence-electron chi connectivity index (χ0n) is 16.6. The van der Waals surface area contributed by atoms with E-state index in [1.807, 2.05) is 4.57 Å². The van der Waals surface area contributed by atoms with Gasteiger partial charge in [-0.25, -0.2) is 29.3 Å². The Hall–Kier alpha value is -3.40. The van der Waals surface area contributed by atoms with Crippen LogP contribution in [0.1, 0.15) is 0 Å². The molecule has 30 heavy (non-hydrogen) atoms. The van der Waals surface area contributed by atoms with E-state index >= 15 is 0 Å². The number of nitrogens with zero attached hydrogens (tertiary/aromatic N) is 8. The van der Waals surface area contributed by atoms with Crippen LogP contribution < -0.4 is 9.80 Å². The topological polar surface area (TPSA) is 85.1 Å². The van der Waals surface area contributed by atoms with Gasteiger partial charge in [0.05, 0.1) is 18.5 Å². The van der Waals surface area contributed by atoms with Crippen molar-refractivity contribution in [1.82, 2.24) is 29.5 Å². The number of piperazine rings is 1. The average molecular weight is 408 g/mol. The molecule has 1 aliphatic rings. The number of hydrogen-bond acceptors (Lipinski definition) is 8. The van der Waals surface area contributed by atoms with Crippen LogP contribution in [0.3, 0.4) is 0 Å². The number of methoxy groups -OCH3 is 1. The molecule has 0 N–H and O–H groups in total. The van der Waals surface area contributed by atoms with Crippen LogP contribution in [-0.4, -0.2) is 69.4 Å². The van der Waals surface area contributed by atoms with Gasteiger partial charge in [0.25, 0.3) is 0 Å². The van der Waals surface area contributed by atoms with Crippen LogP contribution in [0.2, 0.25) is 0 Å². The third-order valence-corrected chi connectivity index (χ3v) is 5.37. The second-order valence-corrected chi connectivity index (χ2v) is 7.13. The number of benzene rings is 1. The molecule has 0 atom stereocenters. The Kier molecular flexibility index (Phi) is 4.83. The summed E-state index contributed by atoms with van der Waals surface area (Å²) in [5.74, 6) is 1.30. The lowest BCUT2D eigenvalue weighted by atomic mass is 10.2. The fourth-order valence-electron chi connectivity index (χ4n) is 3.85. The van der Waals surface area contributed by atoms with Crippen molar-refractivity contribution in [3.63, 3.8) is 0 Å². The fraction of sp³-hybridized carbons (Fsp3) is 0.350. The zero-order valence-corrected chi connectivity index (χ0v) is 16.6. The summed E-state index contributed by atoms with van der Waals surface area (Å²) < 4.78 is 20.9. The van der Waals surface area contributed by atoms with E-state index in [2.05, 4.69) is 34.7 Å². The second kappa shape index (κ2) is 7.79. The van der Waals surface area contributed by atoms with Gasteiger partial charge >= 0.3 is 0 Å². The van der Waals surface area contributed by atoms with Gasteiger partial charge in [-0.3, -0.25) is 0 Å². The van der Waals surface area contributed by atoms with Gasteiger partial charge in [0.1, 0.15) is 24.3 Å². The highest BCUT2D eigenvalue weighted by atomic mass is 19.1. The van der Waals surface area contributed by atoms with E-state index in [1.54, 1.807) is 25.8 Å². The molecular weight excluding hydrogens is 387 g/mol. The number of rotatable bonds is 5. The van der Waals surface area contributed by atoms with Gasteiger partial charge in [0.15, 0.2) is 17.0 Å². The van der Waals surface area contributed by atoms with Gasteiger partial charge in [-0.2, -0.15) is 0 Å². The first kappa shape index (κ1) is 18.6.